The molecule has 0 bridgehead atoms. The summed E-state index contributed by atoms with van der Waals surface area (Å²) in [5, 5.41) is 0. The molecule has 0 fully saturated rings. The number of benzene rings is 1. The molecule has 0 atom stereocenters. The topological polar surface area (TPSA) is 69.5 Å². The molecule has 0 amide bonds. The SMILES string of the molecule is Cc1cn2c3c(=O)n(CC=Cc4ccccc4)c(=O)n(C)c3nc2n1CCN(C)C. The Balaban J connectivity index is 1.82. The second-order valence-electron chi connectivity index (χ2n) is 7.75. The number of fused-ring (bicyclic) bond motifs is 3. The molecule has 8 heteroatoms. The summed E-state index contributed by atoms with van der Waals surface area (Å²) in [6.45, 7) is 3.80. The van der Waals surface area contributed by atoms with E-state index in [9.17, 15) is 9.59 Å². The highest BCUT2D eigenvalue weighted by molar-refractivity contribution is 5.75. The Morgan fingerprint density at radius 2 is 1.83 bits per heavy atom. The smallest absolute Gasteiger partial charge is 0.313 e. The normalized spacial score (nSPS) is 12.2. The molecular formula is C22H26N6O2. The molecule has 1 aromatic carbocycles. The number of nitrogens with zero attached hydrogens (tertiary/aromatic N) is 6. The van der Waals surface area contributed by atoms with Gasteiger partial charge in [0.05, 0.1) is 0 Å². The molecule has 30 heavy (non-hydrogen) atoms. The Morgan fingerprint density at radius 3 is 2.53 bits per heavy atom. The highest BCUT2D eigenvalue weighted by Crippen LogP contribution is 2.16. The number of aryl methyl sites for hydroxylation is 2. The van der Waals surface area contributed by atoms with E-state index in [1.54, 1.807) is 11.4 Å². The van der Waals surface area contributed by atoms with Crippen LogP contribution in [0.4, 0.5) is 0 Å². The van der Waals surface area contributed by atoms with Gasteiger partial charge in [0.15, 0.2) is 11.2 Å². The highest BCUT2D eigenvalue weighted by atomic mass is 16.2. The maximum Gasteiger partial charge on any atom is 0.332 e. The zero-order valence-corrected chi connectivity index (χ0v) is 17.7. The van der Waals surface area contributed by atoms with Crippen LogP contribution in [0.25, 0.3) is 23.0 Å². The average Bonchev–Trinajstić information content (AvgIpc) is 3.23. The van der Waals surface area contributed by atoms with E-state index < -0.39 is 0 Å². The summed E-state index contributed by atoms with van der Waals surface area (Å²) >= 11 is 0. The van der Waals surface area contributed by atoms with Gasteiger partial charge in [0, 0.05) is 38.6 Å². The van der Waals surface area contributed by atoms with E-state index in [4.69, 9.17) is 0 Å². The first kappa shape index (κ1) is 19.9. The van der Waals surface area contributed by atoms with E-state index in [0.717, 1.165) is 24.3 Å². The quantitative estimate of drug-likeness (QED) is 0.489. The fraction of sp³-hybridized carbons (Fsp3) is 0.318. The number of hydrogen-bond donors (Lipinski definition) is 0. The lowest BCUT2D eigenvalue weighted by molar-refractivity contribution is 0.384. The van der Waals surface area contributed by atoms with Crippen molar-refractivity contribution in [3.63, 3.8) is 0 Å². The van der Waals surface area contributed by atoms with Crippen molar-refractivity contribution < 1.29 is 0 Å². The largest absolute Gasteiger partial charge is 0.332 e. The second-order valence-corrected chi connectivity index (χ2v) is 7.75. The lowest BCUT2D eigenvalue weighted by Gasteiger charge is -2.11. The zero-order chi connectivity index (χ0) is 21.4. The van der Waals surface area contributed by atoms with Crippen LogP contribution in [0, 0.1) is 6.92 Å². The van der Waals surface area contributed by atoms with Gasteiger partial charge in [0.2, 0.25) is 5.78 Å². The van der Waals surface area contributed by atoms with E-state index in [0.29, 0.717) is 16.9 Å². The third-order valence-corrected chi connectivity index (χ3v) is 5.31. The Morgan fingerprint density at radius 1 is 1.10 bits per heavy atom. The van der Waals surface area contributed by atoms with E-state index in [1.165, 1.54) is 9.13 Å². The number of likely N-dealkylation sites (N-methyl/N-ethyl adjacent to an activating group) is 1. The summed E-state index contributed by atoms with van der Waals surface area (Å²) in [5.41, 5.74) is 2.16. The van der Waals surface area contributed by atoms with Crippen molar-refractivity contribution in [2.24, 2.45) is 7.05 Å². The molecule has 156 valence electrons. The summed E-state index contributed by atoms with van der Waals surface area (Å²) in [7, 11) is 5.69. The number of hydrogen-bond acceptors (Lipinski definition) is 4. The number of aromatic nitrogens is 5. The Bertz CT molecular complexity index is 1350. The molecule has 0 aliphatic carbocycles. The minimum Gasteiger partial charge on any atom is -0.313 e. The van der Waals surface area contributed by atoms with Gasteiger partial charge in [0.1, 0.15) is 0 Å². The number of rotatable bonds is 6. The van der Waals surface area contributed by atoms with Crippen molar-refractivity contribution in [3.8, 4) is 0 Å². The van der Waals surface area contributed by atoms with E-state index >= 15 is 0 Å². The molecule has 8 nitrogen and oxygen atoms in total. The summed E-state index contributed by atoms with van der Waals surface area (Å²) in [6, 6.07) is 9.79. The van der Waals surface area contributed by atoms with Gasteiger partial charge in [-0.1, -0.05) is 42.5 Å². The third-order valence-electron chi connectivity index (χ3n) is 5.31. The molecule has 0 saturated heterocycles. The average molecular weight is 406 g/mol. The van der Waals surface area contributed by atoms with Crippen LogP contribution in [-0.4, -0.2) is 48.6 Å². The van der Waals surface area contributed by atoms with Gasteiger partial charge in [-0.3, -0.25) is 18.3 Å². The summed E-state index contributed by atoms with van der Waals surface area (Å²) in [4.78, 5) is 32.8. The third kappa shape index (κ3) is 3.39. The predicted molar refractivity (Wildman–Crippen MR) is 119 cm³/mol. The molecule has 0 aliphatic rings. The molecule has 0 saturated carbocycles. The molecule has 0 spiro atoms. The summed E-state index contributed by atoms with van der Waals surface area (Å²) in [6.07, 6.45) is 5.65. The van der Waals surface area contributed by atoms with Gasteiger partial charge < -0.3 is 9.47 Å². The molecule has 3 aromatic heterocycles. The van der Waals surface area contributed by atoms with Crippen molar-refractivity contribution in [3.05, 3.63) is 74.7 Å². The van der Waals surface area contributed by atoms with E-state index in [1.807, 2.05) is 69.7 Å². The monoisotopic (exact) mass is 406 g/mol. The zero-order valence-electron chi connectivity index (χ0n) is 17.7. The van der Waals surface area contributed by atoms with E-state index in [-0.39, 0.29) is 17.8 Å². The molecule has 3 heterocycles. The van der Waals surface area contributed by atoms with E-state index in [2.05, 4.69) is 14.5 Å². The van der Waals surface area contributed by atoms with Crippen molar-refractivity contribution in [1.82, 2.24) is 28.0 Å². The molecule has 0 unspecified atom stereocenters. The van der Waals surface area contributed by atoms with Crippen LogP contribution in [0.15, 0.2) is 52.2 Å². The minimum absolute atomic E-state index is 0.198. The lowest BCUT2D eigenvalue weighted by atomic mass is 10.2. The van der Waals surface area contributed by atoms with Gasteiger partial charge in [-0.15, -0.1) is 0 Å². The van der Waals surface area contributed by atoms with Crippen LogP contribution >= 0.6 is 0 Å². The molecule has 4 aromatic rings. The molecular weight excluding hydrogens is 380 g/mol. The molecule has 0 N–H and O–H groups in total. The van der Waals surface area contributed by atoms with Gasteiger partial charge in [-0.05, 0) is 26.6 Å². The molecule has 0 aliphatic heterocycles. The predicted octanol–water partition coefficient (Wildman–Crippen LogP) is 1.73. The first-order chi connectivity index (χ1) is 14.4. The Labute approximate surface area is 173 Å². The molecule has 0 radical (unpaired) electrons. The summed E-state index contributed by atoms with van der Waals surface area (Å²) < 4.78 is 6.58. The second kappa shape index (κ2) is 7.79. The Kier molecular flexibility index (Phi) is 5.17. The van der Waals surface area contributed by atoms with Crippen molar-refractivity contribution in [2.75, 3.05) is 20.6 Å². The van der Waals surface area contributed by atoms with Gasteiger partial charge in [0.25, 0.3) is 5.56 Å². The number of imidazole rings is 2. The van der Waals surface area contributed by atoms with Crippen LogP contribution in [-0.2, 0) is 20.1 Å². The number of allylic oxidation sites excluding steroid dienone is 1. The first-order valence-electron chi connectivity index (χ1n) is 9.92. The van der Waals surface area contributed by atoms with Crippen LogP contribution < -0.4 is 11.2 Å². The highest BCUT2D eigenvalue weighted by Gasteiger charge is 2.19. The van der Waals surface area contributed by atoms with Gasteiger partial charge in [-0.25, -0.2) is 4.79 Å². The van der Waals surface area contributed by atoms with Crippen LogP contribution in [0.1, 0.15) is 11.3 Å². The van der Waals surface area contributed by atoms with Crippen molar-refractivity contribution >= 4 is 23.0 Å². The van der Waals surface area contributed by atoms with Gasteiger partial charge in [-0.2, -0.15) is 4.98 Å². The first-order valence-corrected chi connectivity index (χ1v) is 9.92. The maximum absolute atomic E-state index is 13.2. The maximum atomic E-state index is 13.2. The fourth-order valence-corrected chi connectivity index (χ4v) is 3.65. The van der Waals surface area contributed by atoms with Crippen LogP contribution in [0.5, 0.6) is 0 Å². The van der Waals surface area contributed by atoms with Crippen molar-refractivity contribution in [1.29, 1.82) is 0 Å². The standard InChI is InChI=1S/C22H26N6O2/c1-16-15-28-18-19(23-21(28)26(16)14-13-24(2)3)25(4)22(30)27(20(18)29)12-8-11-17-9-6-5-7-10-17/h5-11,15H,12-14H2,1-4H3. The fourth-order valence-electron chi connectivity index (χ4n) is 3.65. The van der Waals surface area contributed by atoms with Gasteiger partial charge >= 0.3 is 5.69 Å². The summed E-state index contributed by atoms with van der Waals surface area (Å²) in [5.74, 6) is 0.675. The van der Waals surface area contributed by atoms with Crippen LogP contribution in [0.3, 0.4) is 0 Å². The van der Waals surface area contributed by atoms with Crippen LogP contribution in [0.2, 0.25) is 0 Å². The molecule has 4 rings (SSSR count). The minimum atomic E-state index is -0.373. The Hall–Kier alpha value is -3.39. The van der Waals surface area contributed by atoms with Crippen molar-refractivity contribution in [2.45, 2.75) is 20.0 Å². The lowest BCUT2D eigenvalue weighted by Crippen LogP contribution is -2.39.